The van der Waals surface area contributed by atoms with Crippen molar-refractivity contribution in [3.8, 4) is 0 Å². The predicted octanol–water partition coefficient (Wildman–Crippen LogP) is 3.56. The molecule has 0 atom stereocenters. The van der Waals surface area contributed by atoms with E-state index in [4.69, 9.17) is 5.41 Å². The molecule has 0 radical (unpaired) electrons. The van der Waals surface area contributed by atoms with Crippen molar-refractivity contribution in [2.24, 2.45) is 0 Å². The van der Waals surface area contributed by atoms with Crippen LogP contribution in [0.4, 0.5) is 10.1 Å². The van der Waals surface area contributed by atoms with Gasteiger partial charge in [-0.2, -0.15) is 0 Å². The fourth-order valence-corrected chi connectivity index (χ4v) is 4.64. The van der Waals surface area contributed by atoms with Gasteiger partial charge in [0.25, 0.3) is 0 Å². The maximum atomic E-state index is 14.4. The highest BCUT2D eigenvalue weighted by molar-refractivity contribution is 6.16. The lowest BCUT2D eigenvalue weighted by Gasteiger charge is -2.43. The standard InChI is InChI=1S/C24H27FN6O/c1-27-13-16-12-19(23(32)21(25)22(16)26)24-28-14-15-11-18(3-4-20(15)29-24)31-9-5-17(6-10-31)30-7-2-8-30/h3-4,11-14,17,26-27,32H,2,5-10H2,1H3/b16-13-,26-22?. The number of halogens is 1. The van der Waals surface area contributed by atoms with Gasteiger partial charge in [-0.25, -0.2) is 14.4 Å². The van der Waals surface area contributed by atoms with E-state index in [9.17, 15) is 9.50 Å². The van der Waals surface area contributed by atoms with Crippen molar-refractivity contribution in [3.63, 3.8) is 0 Å². The van der Waals surface area contributed by atoms with E-state index in [2.05, 4.69) is 37.2 Å². The number of rotatable bonds is 4. The molecule has 0 bridgehead atoms. The third-order valence-electron chi connectivity index (χ3n) is 6.61. The number of likely N-dealkylation sites (tertiary alicyclic amines) is 1. The van der Waals surface area contributed by atoms with Gasteiger partial charge in [-0.3, -0.25) is 5.41 Å². The Bertz CT molecular complexity index is 1160. The Morgan fingerprint density at radius 2 is 2.00 bits per heavy atom. The number of piperidine rings is 1. The maximum Gasteiger partial charge on any atom is 0.191 e. The molecule has 2 aromatic rings. The van der Waals surface area contributed by atoms with Crippen molar-refractivity contribution in [2.75, 3.05) is 38.1 Å². The van der Waals surface area contributed by atoms with Crippen LogP contribution in [0.5, 0.6) is 0 Å². The Morgan fingerprint density at radius 3 is 2.69 bits per heavy atom. The van der Waals surface area contributed by atoms with Crippen LogP contribution in [0.3, 0.4) is 0 Å². The van der Waals surface area contributed by atoms with Crippen LogP contribution in [0.2, 0.25) is 0 Å². The molecule has 0 saturated carbocycles. The van der Waals surface area contributed by atoms with E-state index < -0.39 is 11.6 Å². The molecule has 3 aliphatic rings. The molecule has 166 valence electrons. The van der Waals surface area contributed by atoms with Gasteiger partial charge in [0.15, 0.2) is 17.4 Å². The third-order valence-corrected chi connectivity index (χ3v) is 6.61. The van der Waals surface area contributed by atoms with Crippen LogP contribution >= 0.6 is 0 Å². The van der Waals surface area contributed by atoms with Gasteiger partial charge in [0.05, 0.1) is 11.1 Å². The smallest absolute Gasteiger partial charge is 0.191 e. The first-order valence-corrected chi connectivity index (χ1v) is 11.1. The SMILES string of the molecule is CN/C=C1/C=C(c2ncc3cc(N4CCC(N5CCC5)CC4)ccc3n2)C(O)=C(F)C1=N. The Labute approximate surface area is 186 Å². The fraction of sp³-hybridized carbons (Fsp3) is 0.375. The molecule has 0 amide bonds. The van der Waals surface area contributed by atoms with Crippen molar-refractivity contribution in [1.82, 2.24) is 20.2 Å². The number of fused-ring (bicyclic) bond motifs is 1. The molecule has 3 heterocycles. The van der Waals surface area contributed by atoms with Gasteiger partial charge in [-0.1, -0.05) is 0 Å². The van der Waals surface area contributed by atoms with E-state index in [-0.39, 0.29) is 17.1 Å². The number of hydrogen-bond donors (Lipinski definition) is 3. The lowest BCUT2D eigenvalue weighted by atomic mass is 9.97. The van der Waals surface area contributed by atoms with Crippen molar-refractivity contribution in [2.45, 2.75) is 25.3 Å². The van der Waals surface area contributed by atoms with Crippen LogP contribution in [-0.4, -0.2) is 65.0 Å². The summed E-state index contributed by atoms with van der Waals surface area (Å²) in [6.07, 6.45) is 8.45. The number of nitrogens with one attached hydrogen (secondary N) is 2. The Morgan fingerprint density at radius 1 is 1.22 bits per heavy atom. The quantitative estimate of drug-likeness (QED) is 0.682. The minimum Gasteiger partial charge on any atom is -0.504 e. The Hall–Kier alpha value is -3.26. The van der Waals surface area contributed by atoms with E-state index in [0.29, 0.717) is 5.57 Å². The van der Waals surface area contributed by atoms with Crippen LogP contribution in [0.25, 0.3) is 16.5 Å². The highest BCUT2D eigenvalue weighted by Gasteiger charge is 2.28. The summed E-state index contributed by atoms with van der Waals surface area (Å²) >= 11 is 0. The van der Waals surface area contributed by atoms with E-state index in [0.717, 1.165) is 35.7 Å². The van der Waals surface area contributed by atoms with Crippen LogP contribution in [0.15, 0.2) is 53.8 Å². The molecule has 0 spiro atoms. The molecule has 5 rings (SSSR count). The van der Waals surface area contributed by atoms with Crippen molar-refractivity contribution in [1.29, 1.82) is 5.41 Å². The molecule has 2 fully saturated rings. The molecule has 1 aromatic heterocycles. The summed E-state index contributed by atoms with van der Waals surface area (Å²) in [6, 6.07) is 6.83. The summed E-state index contributed by atoms with van der Waals surface area (Å²) in [5, 5.41) is 21.8. The Kier molecular flexibility index (Phi) is 5.38. The third kappa shape index (κ3) is 3.64. The predicted molar refractivity (Wildman–Crippen MR) is 125 cm³/mol. The van der Waals surface area contributed by atoms with Crippen molar-refractivity contribution >= 4 is 27.9 Å². The summed E-state index contributed by atoms with van der Waals surface area (Å²) < 4.78 is 14.4. The van der Waals surface area contributed by atoms with Gasteiger partial charge >= 0.3 is 0 Å². The van der Waals surface area contributed by atoms with Gasteiger partial charge < -0.3 is 20.2 Å². The second-order valence-corrected chi connectivity index (χ2v) is 8.53. The monoisotopic (exact) mass is 434 g/mol. The minimum absolute atomic E-state index is 0.166. The van der Waals surface area contributed by atoms with E-state index in [1.54, 1.807) is 13.2 Å². The molecule has 3 N–H and O–H groups in total. The summed E-state index contributed by atoms with van der Waals surface area (Å²) in [6.45, 7) is 4.59. The molecular weight excluding hydrogens is 407 g/mol. The first-order chi connectivity index (χ1) is 15.5. The van der Waals surface area contributed by atoms with Gasteiger partial charge in [0.2, 0.25) is 0 Å². The molecule has 0 unspecified atom stereocenters. The van der Waals surface area contributed by atoms with Crippen molar-refractivity contribution < 1.29 is 9.50 Å². The number of allylic oxidation sites excluding steroid dienone is 4. The zero-order chi connectivity index (χ0) is 22.2. The van der Waals surface area contributed by atoms with Crippen LogP contribution in [0, 0.1) is 5.41 Å². The number of nitrogens with zero attached hydrogens (tertiary/aromatic N) is 4. The van der Waals surface area contributed by atoms with E-state index in [1.807, 2.05) is 6.07 Å². The topological polar surface area (TPSA) is 88.4 Å². The van der Waals surface area contributed by atoms with Crippen LogP contribution in [-0.2, 0) is 0 Å². The number of aromatic nitrogens is 2. The Balaban J connectivity index is 1.39. The van der Waals surface area contributed by atoms with Gasteiger partial charge in [-0.15, -0.1) is 0 Å². The van der Waals surface area contributed by atoms with Gasteiger partial charge in [0.1, 0.15) is 5.71 Å². The van der Waals surface area contributed by atoms with E-state index >= 15 is 0 Å². The number of benzene rings is 1. The second kappa shape index (κ2) is 8.35. The number of aliphatic hydroxyl groups is 1. The zero-order valence-corrected chi connectivity index (χ0v) is 18.1. The first kappa shape index (κ1) is 20.6. The lowest BCUT2D eigenvalue weighted by molar-refractivity contribution is 0.100. The van der Waals surface area contributed by atoms with Crippen molar-refractivity contribution in [3.05, 3.63) is 59.7 Å². The minimum atomic E-state index is -0.982. The largest absolute Gasteiger partial charge is 0.504 e. The highest BCUT2D eigenvalue weighted by Crippen LogP contribution is 2.32. The lowest BCUT2D eigenvalue weighted by Crippen LogP contribution is -2.50. The average Bonchev–Trinajstić information content (AvgIpc) is 2.78. The number of hydrogen-bond acceptors (Lipinski definition) is 7. The van der Waals surface area contributed by atoms with Crippen LogP contribution < -0.4 is 10.2 Å². The maximum absolute atomic E-state index is 14.4. The molecule has 1 aliphatic carbocycles. The summed E-state index contributed by atoms with van der Waals surface area (Å²) in [5.74, 6) is -1.36. The molecule has 8 heteroatoms. The molecule has 1 aromatic carbocycles. The average molecular weight is 435 g/mol. The highest BCUT2D eigenvalue weighted by atomic mass is 19.1. The van der Waals surface area contributed by atoms with Crippen LogP contribution in [0.1, 0.15) is 25.1 Å². The summed E-state index contributed by atoms with van der Waals surface area (Å²) in [4.78, 5) is 14.0. The molecule has 32 heavy (non-hydrogen) atoms. The summed E-state index contributed by atoms with van der Waals surface area (Å²) in [5.41, 5.74) is 2.00. The number of anilines is 1. The normalized spacial score (nSPS) is 21.8. The molecule has 7 nitrogen and oxygen atoms in total. The molecule has 2 saturated heterocycles. The molecule has 2 aliphatic heterocycles. The fourth-order valence-electron chi connectivity index (χ4n) is 4.64. The van der Waals surface area contributed by atoms with Gasteiger partial charge in [0, 0.05) is 55.2 Å². The molecular formula is C24H27FN6O. The zero-order valence-electron chi connectivity index (χ0n) is 18.1. The summed E-state index contributed by atoms with van der Waals surface area (Å²) in [7, 11) is 1.67. The first-order valence-electron chi connectivity index (χ1n) is 11.1. The van der Waals surface area contributed by atoms with E-state index in [1.165, 1.54) is 44.6 Å². The second-order valence-electron chi connectivity index (χ2n) is 8.53. The number of aliphatic hydroxyl groups excluding tert-OH is 1. The van der Waals surface area contributed by atoms with Gasteiger partial charge in [-0.05, 0) is 56.6 Å².